The van der Waals surface area contributed by atoms with Gasteiger partial charge in [-0.3, -0.25) is 9.48 Å². The highest BCUT2D eigenvalue weighted by molar-refractivity contribution is 5.92. The predicted octanol–water partition coefficient (Wildman–Crippen LogP) is 0.231. The van der Waals surface area contributed by atoms with Crippen molar-refractivity contribution < 1.29 is 4.79 Å². The van der Waals surface area contributed by atoms with E-state index < -0.39 is 0 Å². The van der Waals surface area contributed by atoms with Crippen molar-refractivity contribution in [1.29, 1.82) is 0 Å². The molecule has 1 aromatic heterocycles. The summed E-state index contributed by atoms with van der Waals surface area (Å²) in [6, 6.07) is 1.76. The van der Waals surface area contributed by atoms with Crippen LogP contribution < -0.4 is 5.73 Å². The predicted molar refractivity (Wildman–Crippen MR) is 60.9 cm³/mol. The number of aromatic nitrogens is 2. The Labute approximate surface area is 95.2 Å². The third kappa shape index (κ3) is 2.09. The smallest absolute Gasteiger partial charge is 0.272 e. The number of likely N-dealkylation sites (tertiary alicyclic amines) is 1. The first-order valence-electron chi connectivity index (χ1n) is 5.69. The zero-order valence-corrected chi connectivity index (χ0v) is 9.59. The molecule has 5 nitrogen and oxygen atoms in total. The summed E-state index contributed by atoms with van der Waals surface area (Å²) >= 11 is 0. The van der Waals surface area contributed by atoms with E-state index >= 15 is 0 Å². The zero-order valence-electron chi connectivity index (χ0n) is 9.59. The first-order chi connectivity index (χ1) is 7.72. The van der Waals surface area contributed by atoms with E-state index in [1.165, 1.54) is 0 Å². The molecule has 0 bridgehead atoms. The maximum Gasteiger partial charge on any atom is 0.272 e. The number of amides is 1. The van der Waals surface area contributed by atoms with Crippen LogP contribution in [0.1, 0.15) is 23.3 Å². The lowest BCUT2D eigenvalue weighted by molar-refractivity contribution is 0.0776. The van der Waals surface area contributed by atoms with Gasteiger partial charge < -0.3 is 10.6 Å². The third-order valence-electron chi connectivity index (χ3n) is 3.19. The largest absolute Gasteiger partial charge is 0.337 e. The Bertz CT molecular complexity index is 374. The molecule has 1 unspecified atom stereocenters. The van der Waals surface area contributed by atoms with Crippen molar-refractivity contribution in [2.24, 2.45) is 18.7 Å². The molecule has 2 N–H and O–H groups in total. The second-order valence-corrected chi connectivity index (χ2v) is 4.32. The maximum atomic E-state index is 12.1. The Balaban J connectivity index is 2.00. The molecule has 5 heteroatoms. The molecule has 2 rings (SSSR count). The summed E-state index contributed by atoms with van der Waals surface area (Å²) in [4.78, 5) is 14.0. The van der Waals surface area contributed by atoms with Gasteiger partial charge in [0.15, 0.2) is 0 Å². The average molecular weight is 222 g/mol. The number of hydrogen-bond acceptors (Lipinski definition) is 3. The number of carbonyl (C=O) groups is 1. The van der Waals surface area contributed by atoms with E-state index in [0.717, 1.165) is 25.9 Å². The number of hydrogen-bond donors (Lipinski definition) is 1. The SMILES string of the molecule is Cn1nccc1C(=O)N1CCC(CCN)C1. The molecular weight excluding hydrogens is 204 g/mol. The van der Waals surface area contributed by atoms with Gasteiger partial charge in [-0.25, -0.2) is 0 Å². The molecule has 1 aliphatic heterocycles. The summed E-state index contributed by atoms with van der Waals surface area (Å²) in [7, 11) is 1.79. The van der Waals surface area contributed by atoms with E-state index in [2.05, 4.69) is 5.10 Å². The lowest BCUT2D eigenvalue weighted by Crippen LogP contribution is -2.30. The van der Waals surface area contributed by atoms with Gasteiger partial charge in [-0.15, -0.1) is 0 Å². The van der Waals surface area contributed by atoms with Gasteiger partial charge in [-0.2, -0.15) is 5.10 Å². The van der Waals surface area contributed by atoms with Crippen LogP contribution in [0.2, 0.25) is 0 Å². The molecule has 88 valence electrons. The van der Waals surface area contributed by atoms with Crippen LogP contribution in [0.4, 0.5) is 0 Å². The Morgan fingerprint density at radius 1 is 1.69 bits per heavy atom. The fourth-order valence-electron chi connectivity index (χ4n) is 2.23. The molecule has 1 fully saturated rings. The van der Waals surface area contributed by atoms with Gasteiger partial charge >= 0.3 is 0 Å². The highest BCUT2D eigenvalue weighted by Gasteiger charge is 2.27. The van der Waals surface area contributed by atoms with Crippen molar-refractivity contribution in [3.8, 4) is 0 Å². The van der Waals surface area contributed by atoms with Crippen LogP contribution in [0.25, 0.3) is 0 Å². The van der Waals surface area contributed by atoms with Gasteiger partial charge in [-0.05, 0) is 31.4 Å². The Hall–Kier alpha value is -1.36. The first kappa shape index (κ1) is 11.1. The van der Waals surface area contributed by atoms with Crippen LogP contribution in [-0.4, -0.2) is 40.2 Å². The van der Waals surface area contributed by atoms with Crippen molar-refractivity contribution in [2.75, 3.05) is 19.6 Å². The van der Waals surface area contributed by atoms with Crippen LogP contribution in [0.3, 0.4) is 0 Å². The standard InChI is InChI=1S/C11H18N4O/c1-14-10(3-6-13-14)11(16)15-7-4-9(8-15)2-5-12/h3,6,9H,2,4-5,7-8,12H2,1H3. The highest BCUT2D eigenvalue weighted by Crippen LogP contribution is 2.20. The van der Waals surface area contributed by atoms with E-state index in [9.17, 15) is 4.79 Å². The molecule has 1 aromatic rings. The van der Waals surface area contributed by atoms with E-state index in [-0.39, 0.29) is 5.91 Å². The normalized spacial score (nSPS) is 20.4. The average Bonchev–Trinajstić information content (AvgIpc) is 2.87. The number of carbonyl (C=O) groups excluding carboxylic acids is 1. The van der Waals surface area contributed by atoms with Gasteiger partial charge in [0.25, 0.3) is 5.91 Å². The molecule has 1 atom stereocenters. The van der Waals surface area contributed by atoms with Crippen molar-refractivity contribution >= 4 is 5.91 Å². The fraction of sp³-hybridized carbons (Fsp3) is 0.636. The van der Waals surface area contributed by atoms with E-state index in [1.807, 2.05) is 4.90 Å². The number of nitrogens with two attached hydrogens (primary N) is 1. The topological polar surface area (TPSA) is 64.2 Å². The van der Waals surface area contributed by atoms with Crippen LogP contribution in [0.15, 0.2) is 12.3 Å². The quantitative estimate of drug-likeness (QED) is 0.796. The molecule has 16 heavy (non-hydrogen) atoms. The number of rotatable bonds is 3. The van der Waals surface area contributed by atoms with Gasteiger partial charge in [-0.1, -0.05) is 0 Å². The third-order valence-corrected chi connectivity index (χ3v) is 3.19. The monoisotopic (exact) mass is 222 g/mol. The van der Waals surface area contributed by atoms with Gasteiger partial charge in [0.1, 0.15) is 5.69 Å². The number of aryl methyl sites for hydroxylation is 1. The second kappa shape index (κ2) is 4.65. The van der Waals surface area contributed by atoms with E-state index in [4.69, 9.17) is 5.73 Å². The minimum atomic E-state index is 0.0829. The molecular formula is C11H18N4O. The van der Waals surface area contributed by atoms with Crippen LogP contribution in [0.5, 0.6) is 0 Å². The summed E-state index contributed by atoms with van der Waals surface area (Å²) in [5.74, 6) is 0.654. The fourth-order valence-corrected chi connectivity index (χ4v) is 2.23. The van der Waals surface area contributed by atoms with Crippen LogP contribution >= 0.6 is 0 Å². The second-order valence-electron chi connectivity index (χ2n) is 4.32. The molecule has 1 amide bonds. The minimum absolute atomic E-state index is 0.0829. The van der Waals surface area contributed by atoms with Crippen molar-refractivity contribution in [3.63, 3.8) is 0 Å². The van der Waals surface area contributed by atoms with Crippen molar-refractivity contribution in [2.45, 2.75) is 12.8 Å². The first-order valence-corrected chi connectivity index (χ1v) is 5.69. The molecule has 1 aliphatic rings. The maximum absolute atomic E-state index is 12.1. The van der Waals surface area contributed by atoms with Crippen LogP contribution in [-0.2, 0) is 7.05 Å². The van der Waals surface area contributed by atoms with Gasteiger partial charge in [0.05, 0.1) is 0 Å². The molecule has 0 aromatic carbocycles. The Kier molecular flexibility index (Phi) is 3.24. The van der Waals surface area contributed by atoms with E-state index in [1.54, 1.807) is 24.0 Å². The molecule has 0 spiro atoms. The van der Waals surface area contributed by atoms with Gasteiger partial charge in [0, 0.05) is 26.3 Å². The summed E-state index contributed by atoms with van der Waals surface area (Å²) in [6.45, 7) is 2.38. The number of nitrogens with zero attached hydrogens (tertiary/aromatic N) is 3. The summed E-state index contributed by atoms with van der Waals surface area (Å²) < 4.78 is 1.62. The lowest BCUT2D eigenvalue weighted by Gasteiger charge is -2.16. The van der Waals surface area contributed by atoms with Crippen molar-refractivity contribution in [1.82, 2.24) is 14.7 Å². The molecule has 0 saturated carbocycles. The zero-order chi connectivity index (χ0) is 11.5. The highest BCUT2D eigenvalue weighted by atomic mass is 16.2. The molecule has 2 heterocycles. The molecule has 1 saturated heterocycles. The summed E-state index contributed by atoms with van der Waals surface area (Å²) in [6.07, 6.45) is 3.73. The van der Waals surface area contributed by atoms with E-state index in [0.29, 0.717) is 18.2 Å². The lowest BCUT2D eigenvalue weighted by atomic mass is 10.1. The van der Waals surface area contributed by atoms with Crippen LogP contribution in [0, 0.1) is 5.92 Å². The Morgan fingerprint density at radius 2 is 2.50 bits per heavy atom. The van der Waals surface area contributed by atoms with Gasteiger partial charge in [0.2, 0.25) is 0 Å². The summed E-state index contributed by atoms with van der Waals surface area (Å²) in [5, 5.41) is 4.01. The molecule has 0 radical (unpaired) electrons. The Morgan fingerprint density at radius 3 is 3.12 bits per heavy atom. The molecule has 0 aliphatic carbocycles. The summed E-state index contributed by atoms with van der Waals surface area (Å²) in [5.41, 5.74) is 6.19. The van der Waals surface area contributed by atoms with Crippen molar-refractivity contribution in [3.05, 3.63) is 18.0 Å². The minimum Gasteiger partial charge on any atom is -0.337 e.